The van der Waals surface area contributed by atoms with Crippen molar-refractivity contribution in [2.45, 2.75) is 25.8 Å². The van der Waals surface area contributed by atoms with E-state index in [0.717, 1.165) is 24.0 Å². The summed E-state index contributed by atoms with van der Waals surface area (Å²) >= 11 is 5.80. The second-order valence-corrected chi connectivity index (χ2v) is 6.93. The minimum atomic E-state index is -0.162. The highest BCUT2D eigenvalue weighted by Crippen LogP contribution is 2.12. The van der Waals surface area contributed by atoms with Gasteiger partial charge in [0.1, 0.15) is 0 Å². The van der Waals surface area contributed by atoms with Gasteiger partial charge >= 0.3 is 0 Å². The number of nitrogens with one attached hydrogen (secondary N) is 2. The van der Waals surface area contributed by atoms with E-state index in [-0.39, 0.29) is 11.8 Å². The quantitative estimate of drug-likeness (QED) is 0.542. The van der Waals surface area contributed by atoms with Crippen LogP contribution in [-0.4, -0.2) is 34.5 Å². The number of para-hydroxylation sites is 2. The molecule has 0 aliphatic rings. The number of carbonyl (C=O) groups excluding carboxylic acids is 2. The molecule has 1 aromatic heterocycles. The summed E-state index contributed by atoms with van der Waals surface area (Å²) in [6.45, 7) is 1.87. The maximum Gasteiger partial charge on any atom is 0.251 e. The number of rotatable bonds is 9. The van der Waals surface area contributed by atoms with Crippen molar-refractivity contribution in [2.75, 3.05) is 13.1 Å². The van der Waals surface area contributed by atoms with Crippen LogP contribution in [0.5, 0.6) is 0 Å². The lowest BCUT2D eigenvalue weighted by Crippen LogP contribution is -2.28. The van der Waals surface area contributed by atoms with Gasteiger partial charge in [-0.2, -0.15) is 0 Å². The van der Waals surface area contributed by atoms with Crippen LogP contribution >= 0.6 is 11.6 Å². The number of amides is 2. The highest BCUT2D eigenvalue weighted by Gasteiger charge is 2.06. The average molecular weight is 399 g/mol. The largest absolute Gasteiger partial charge is 0.356 e. The first-order valence-corrected chi connectivity index (χ1v) is 9.71. The topological polar surface area (TPSA) is 76.0 Å². The number of nitrogens with zero attached hydrogens (tertiary/aromatic N) is 2. The Bertz CT molecular complexity index is 937. The molecule has 0 saturated carbocycles. The number of imidazole rings is 1. The second kappa shape index (κ2) is 9.90. The van der Waals surface area contributed by atoms with E-state index < -0.39 is 0 Å². The van der Waals surface area contributed by atoms with Crippen LogP contribution in [0.4, 0.5) is 0 Å². The van der Waals surface area contributed by atoms with Crippen LogP contribution in [0.15, 0.2) is 54.9 Å². The van der Waals surface area contributed by atoms with Crippen molar-refractivity contribution in [1.82, 2.24) is 20.2 Å². The van der Waals surface area contributed by atoms with E-state index in [1.54, 1.807) is 24.3 Å². The third kappa shape index (κ3) is 5.57. The van der Waals surface area contributed by atoms with Crippen LogP contribution in [0.1, 0.15) is 29.6 Å². The van der Waals surface area contributed by atoms with Crippen molar-refractivity contribution >= 4 is 34.4 Å². The smallest absolute Gasteiger partial charge is 0.251 e. The Balaban J connectivity index is 1.28. The van der Waals surface area contributed by atoms with Crippen molar-refractivity contribution in [3.63, 3.8) is 0 Å². The van der Waals surface area contributed by atoms with Gasteiger partial charge in [-0.15, -0.1) is 0 Å². The van der Waals surface area contributed by atoms with Crippen LogP contribution in [0.3, 0.4) is 0 Å². The lowest BCUT2D eigenvalue weighted by atomic mass is 10.2. The molecule has 3 rings (SSSR count). The molecule has 0 radical (unpaired) electrons. The Morgan fingerprint density at radius 3 is 2.54 bits per heavy atom. The highest BCUT2D eigenvalue weighted by atomic mass is 35.5. The van der Waals surface area contributed by atoms with Crippen LogP contribution in [-0.2, 0) is 11.3 Å². The molecule has 0 aliphatic carbocycles. The maximum atomic E-state index is 12.0. The van der Waals surface area contributed by atoms with E-state index in [0.29, 0.717) is 36.5 Å². The Morgan fingerprint density at radius 1 is 0.964 bits per heavy atom. The van der Waals surface area contributed by atoms with Crippen molar-refractivity contribution in [3.8, 4) is 0 Å². The fraction of sp³-hybridized carbons (Fsp3) is 0.286. The van der Waals surface area contributed by atoms with E-state index >= 15 is 0 Å². The highest BCUT2D eigenvalue weighted by molar-refractivity contribution is 6.30. The zero-order valence-electron chi connectivity index (χ0n) is 15.5. The monoisotopic (exact) mass is 398 g/mol. The molecule has 146 valence electrons. The van der Waals surface area contributed by atoms with Gasteiger partial charge in [0, 0.05) is 36.6 Å². The van der Waals surface area contributed by atoms with E-state index in [2.05, 4.69) is 20.2 Å². The first-order chi connectivity index (χ1) is 13.6. The zero-order chi connectivity index (χ0) is 19.8. The molecule has 6 nitrogen and oxygen atoms in total. The molecule has 0 spiro atoms. The van der Waals surface area contributed by atoms with Gasteiger partial charge in [0.2, 0.25) is 5.91 Å². The van der Waals surface area contributed by atoms with Crippen molar-refractivity contribution in [2.24, 2.45) is 0 Å². The number of halogens is 1. The molecule has 0 unspecified atom stereocenters. The SMILES string of the molecule is O=C(CCCNC(=O)c1ccc(Cl)cc1)NCCCn1cnc2ccccc21. The number of fused-ring (bicyclic) bond motifs is 1. The molecule has 2 aromatic carbocycles. The lowest BCUT2D eigenvalue weighted by molar-refractivity contribution is -0.121. The van der Waals surface area contributed by atoms with Gasteiger partial charge in [0.15, 0.2) is 0 Å². The van der Waals surface area contributed by atoms with E-state index in [4.69, 9.17) is 11.6 Å². The molecule has 0 atom stereocenters. The Morgan fingerprint density at radius 2 is 1.71 bits per heavy atom. The molecular weight excluding hydrogens is 376 g/mol. The number of benzene rings is 2. The van der Waals surface area contributed by atoms with Gasteiger partial charge in [-0.05, 0) is 49.2 Å². The minimum absolute atomic E-state index is 0.00349. The van der Waals surface area contributed by atoms with Crippen LogP contribution < -0.4 is 10.6 Å². The van der Waals surface area contributed by atoms with Crippen LogP contribution in [0, 0.1) is 0 Å². The molecule has 0 saturated heterocycles. The fourth-order valence-electron chi connectivity index (χ4n) is 2.91. The zero-order valence-corrected chi connectivity index (χ0v) is 16.3. The summed E-state index contributed by atoms with van der Waals surface area (Å²) in [5, 5.41) is 6.32. The fourth-order valence-corrected chi connectivity index (χ4v) is 3.03. The number of hydrogen-bond donors (Lipinski definition) is 2. The van der Waals surface area contributed by atoms with Gasteiger partial charge in [0.25, 0.3) is 5.91 Å². The number of carbonyl (C=O) groups is 2. The van der Waals surface area contributed by atoms with Gasteiger partial charge in [-0.25, -0.2) is 4.98 Å². The minimum Gasteiger partial charge on any atom is -0.356 e. The predicted molar refractivity (Wildman–Crippen MR) is 110 cm³/mol. The molecule has 2 N–H and O–H groups in total. The summed E-state index contributed by atoms with van der Waals surface area (Å²) in [7, 11) is 0. The van der Waals surface area contributed by atoms with Gasteiger partial charge in [0.05, 0.1) is 17.4 Å². The average Bonchev–Trinajstić information content (AvgIpc) is 3.12. The summed E-state index contributed by atoms with van der Waals surface area (Å²) in [5.41, 5.74) is 2.64. The Kier molecular flexibility index (Phi) is 7.03. The maximum absolute atomic E-state index is 12.0. The Hall–Kier alpha value is -2.86. The summed E-state index contributed by atoms with van der Waals surface area (Å²) in [6.07, 6.45) is 3.64. The molecule has 7 heteroatoms. The summed E-state index contributed by atoms with van der Waals surface area (Å²) in [5.74, 6) is -0.166. The second-order valence-electron chi connectivity index (χ2n) is 6.50. The summed E-state index contributed by atoms with van der Waals surface area (Å²) in [4.78, 5) is 28.2. The van der Waals surface area contributed by atoms with Crippen molar-refractivity contribution < 1.29 is 9.59 Å². The third-order valence-corrected chi connectivity index (χ3v) is 4.65. The van der Waals surface area contributed by atoms with Gasteiger partial charge in [-0.3, -0.25) is 9.59 Å². The van der Waals surface area contributed by atoms with Crippen LogP contribution in [0.25, 0.3) is 11.0 Å². The molecule has 0 aliphatic heterocycles. The van der Waals surface area contributed by atoms with Gasteiger partial charge < -0.3 is 15.2 Å². The number of aromatic nitrogens is 2. The van der Waals surface area contributed by atoms with Gasteiger partial charge in [-0.1, -0.05) is 23.7 Å². The molecule has 0 bridgehead atoms. The molecule has 3 aromatic rings. The normalized spacial score (nSPS) is 10.8. The van der Waals surface area contributed by atoms with E-state index in [1.807, 2.05) is 30.6 Å². The van der Waals surface area contributed by atoms with Crippen molar-refractivity contribution in [3.05, 3.63) is 65.4 Å². The summed E-state index contributed by atoms with van der Waals surface area (Å²) in [6, 6.07) is 14.7. The Labute approximate surface area is 168 Å². The van der Waals surface area contributed by atoms with Crippen LogP contribution in [0.2, 0.25) is 5.02 Å². The summed E-state index contributed by atoms with van der Waals surface area (Å²) < 4.78 is 2.09. The van der Waals surface area contributed by atoms with Crippen molar-refractivity contribution in [1.29, 1.82) is 0 Å². The van der Waals surface area contributed by atoms with E-state index in [1.165, 1.54) is 0 Å². The molecule has 28 heavy (non-hydrogen) atoms. The molecular formula is C21H23ClN4O2. The van der Waals surface area contributed by atoms with E-state index in [9.17, 15) is 9.59 Å². The lowest BCUT2D eigenvalue weighted by Gasteiger charge is -2.08. The standard InChI is InChI=1S/C21H23ClN4O2/c22-17-10-8-16(9-11-17)21(28)24-12-3-7-20(27)23-13-4-14-26-15-25-18-5-1-2-6-19(18)26/h1-2,5-6,8-11,15H,3-4,7,12-14H2,(H,23,27)(H,24,28). The predicted octanol–water partition coefficient (Wildman–Crippen LogP) is 3.41. The molecule has 1 heterocycles. The molecule has 2 amide bonds. The number of aryl methyl sites for hydroxylation is 1. The first kappa shape index (κ1) is 19.9. The third-order valence-electron chi connectivity index (χ3n) is 4.40. The molecule has 0 fully saturated rings. The first-order valence-electron chi connectivity index (χ1n) is 9.34. The number of hydrogen-bond acceptors (Lipinski definition) is 3.